The minimum atomic E-state index is -5.08. The molecule has 1 atom stereocenters. The standard InChI is InChI=1S/C17H19N3O2.C2HF3O2/c21-15-13-4-2-1-3-12(13)14(9-19-15)16(22)20-8-6-17(11-20)5-7-18-10-17;3-2(4,5)1(6)7/h1-4,9,18H,5-8,10-11H2,(H,19,21);(H,6,7). The lowest BCUT2D eigenvalue weighted by Gasteiger charge is -2.23. The minimum absolute atomic E-state index is 0.0243. The van der Waals surface area contributed by atoms with Gasteiger partial charge in [0, 0.05) is 42.0 Å². The molecule has 2 saturated heterocycles. The average Bonchev–Trinajstić information content (AvgIpc) is 3.32. The third kappa shape index (κ3) is 4.42. The Morgan fingerprint density at radius 3 is 2.38 bits per heavy atom. The molecule has 3 N–H and O–H groups in total. The van der Waals surface area contributed by atoms with Gasteiger partial charge in [-0.15, -0.1) is 0 Å². The molecule has 0 radical (unpaired) electrons. The Labute approximate surface area is 163 Å². The number of hydrogen-bond acceptors (Lipinski definition) is 4. The van der Waals surface area contributed by atoms with Crippen molar-refractivity contribution in [3.63, 3.8) is 0 Å². The lowest BCUT2D eigenvalue weighted by atomic mass is 9.86. The summed E-state index contributed by atoms with van der Waals surface area (Å²) in [7, 11) is 0. The van der Waals surface area contributed by atoms with E-state index < -0.39 is 12.1 Å². The van der Waals surface area contributed by atoms with Crippen LogP contribution in [0.1, 0.15) is 23.2 Å². The van der Waals surface area contributed by atoms with Crippen molar-refractivity contribution >= 4 is 22.6 Å². The molecule has 1 aromatic heterocycles. The molecule has 156 valence electrons. The van der Waals surface area contributed by atoms with Crippen LogP contribution in [-0.2, 0) is 4.79 Å². The van der Waals surface area contributed by atoms with Crippen molar-refractivity contribution < 1.29 is 27.9 Å². The first-order valence-corrected chi connectivity index (χ1v) is 9.04. The second-order valence-corrected chi connectivity index (χ2v) is 7.28. The van der Waals surface area contributed by atoms with Gasteiger partial charge in [0.15, 0.2) is 0 Å². The van der Waals surface area contributed by atoms with Crippen molar-refractivity contribution in [2.75, 3.05) is 26.2 Å². The van der Waals surface area contributed by atoms with Crippen LogP contribution in [0, 0.1) is 5.41 Å². The largest absolute Gasteiger partial charge is 0.490 e. The number of fused-ring (bicyclic) bond motifs is 1. The molecule has 2 aliphatic heterocycles. The van der Waals surface area contributed by atoms with Crippen LogP contribution in [0.3, 0.4) is 0 Å². The van der Waals surface area contributed by atoms with Crippen molar-refractivity contribution in [3.8, 4) is 0 Å². The zero-order valence-electron chi connectivity index (χ0n) is 15.4. The first-order valence-electron chi connectivity index (χ1n) is 9.04. The lowest BCUT2D eigenvalue weighted by Crippen LogP contribution is -2.33. The fourth-order valence-corrected chi connectivity index (χ4v) is 3.81. The Kier molecular flexibility index (Phi) is 5.65. The Morgan fingerprint density at radius 2 is 1.79 bits per heavy atom. The van der Waals surface area contributed by atoms with Crippen LogP contribution in [0.15, 0.2) is 35.3 Å². The van der Waals surface area contributed by atoms with E-state index in [2.05, 4.69) is 10.3 Å². The van der Waals surface area contributed by atoms with E-state index in [1.54, 1.807) is 12.3 Å². The smallest absolute Gasteiger partial charge is 0.475 e. The highest BCUT2D eigenvalue weighted by Gasteiger charge is 2.42. The first kappa shape index (κ1) is 20.8. The number of carboxylic acid groups (broad SMARTS) is 1. The number of carbonyl (C=O) groups excluding carboxylic acids is 1. The molecule has 1 spiro atoms. The van der Waals surface area contributed by atoms with Crippen molar-refractivity contribution in [2.24, 2.45) is 5.41 Å². The molecule has 2 aliphatic rings. The van der Waals surface area contributed by atoms with Gasteiger partial charge in [-0.1, -0.05) is 18.2 Å². The zero-order chi connectivity index (χ0) is 21.2. The summed E-state index contributed by atoms with van der Waals surface area (Å²) in [6.45, 7) is 3.66. The molecular formula is C19H20F3N3O4. The van der Waals surface area contributed by atoms with Crippen LogP contribution >= 0.6 is 0 Å². The van der Waals surface area contributed by atoms with Crippen molar-refractivity contribution in [1.29, 1.82) is 0 Å². The molecule has 4 rings (SSSR count). The summed E-state index contributed by atoms with van der Waals surface area (Å²) in [4.78, 5) is 38.3. The molecule has 1 aromatic carbocycles. The fourth-order valence-electron chi connectivity index (χ4n) is 3.81. The molecule has 10 heteroatoms. The molecule has 29 heavy (non-hydrogen) atoms. The molecule has 2 aromatic rings. The van der Waals surface area contributed by atoms with Gasteiger partial charge in [0.25, 0.3) is 11.5 Å². The SMILES string of the molecule is O=C(O)C(F)(F)F.O=C(c1c[nH]c(=O)c2ccccc12)N1CCC2(CCNC2)C1. The van der Waals surface area contributed by atoms with Crippen molar-refractivity contribution in [3.05, 3.63) is 46.4 Å². The van der Waals surface area contributed by atoms with Gasteiger partial charge >= 0.3 is 12.1 Å². The number of aromatic nitrogens is 1. The number of pyridine rings is 1. The highest BCUT2D eigenvalue weighted by molar-refractivity contribution is 6.06. The predicted octanol–water partition coefficient (Wildman–Crippen LogP) is 1.99. The number of halogens is 3. The van der Waals surface area contributed by atoms with E-state index in [1.807, 2.05) is 23.1 Å². The molecule has 2 fully saturated rings. The molecule has 1 unspecified atom stereocenters. The van der Waals surface area contributed by atoms with Crippen LogP contribution in [-0.4, -0.2) is 59.2 Å². The highest BCUT2D eigenvalue weighted by atomic mass is 19.4. The maximum atomic E-state index is 12.9. The first-order chi connectivity index (χ1) is 13.6. The number of amides is 1. The summed E-state index contributed by atoms with van der Waals surface area (Å²) in [6, 6.07) is 7.30. The van der Waals surface area contributed by atoms with Crippen LogP contribution in [0.4, 0.5) is 13.2 Å². The van der Waals surface area contributed by atoms with Gasteiger partial charge in [0.1, 0.15) is 0 Å². The monoisotopic (exact) mass is 411 g/mol. The number of alkyl halides is 3. The van der Waals surface area contributed by atoms with Gasteiger partial charge in [-0.05, 0) is 25.5 Å². The topological polar surface area (TPSA) is 102 Å². The Morgan fingerprint density at radius 1 is 1.14 bits per heavy atom. The quantitative estimate of drug-likeness (QED) is 0.666. The number of carbonyl (C=O) groups is 2. The second kappa shape index (κ2) is 7.86. The van der Waals surface area contributed by atoms with E-state index in [9.17, 15) is 22.8 Å². The van der Waals surface area contributed by atoms with E-state index in [0.29, 0.717) is 10.9 Å². The number of likely N-dealkylation sites (tertiary alicyclic amines) is 1. The van der Waals surface area contributed by atoms with E-state index in [4.69, 9.17) is 9.90 Å². The summed E-state index contributed by atoms with van der Waals surface area (Å²) in [5, 5.41) is 11.8. The summed E-state index contributed by atoms with van der Waals surface area (Å²) in [5.74, 6) is -2.73. The number of benzene rings is 1. The molecule has 7 nitrogen and oxygen atoms in total. The summed E-state index contributed by atoms with van der Waals surface area (Å²) >= 11 is 0. The van der Waals surface area contributed by atoms with Crippen LogP contribution in [0.25, 0.3) is 10.8 Å². The summed E-state index contributed by atoms with van der Waals surface area (Å²) < 4.78 is 31.7. The van der Waals surface area contributed by atoms with Gasteiger partial charge < -0.3 is 20.3 Å². The normalized spacial score (nSPS) is 21.3. The number of nitrogens with one attached hydrogen (secondary N) is 2. The molecule has 0 bridgehead atoms. The number of aromatic amines is 1. The van der Waals surface area contributed by atoms with Crippen molar-refractivity contribution in [2.45, 2.75) is 19.0 Å². The molecule has 0 aliphatic carbocycles. The maximum absolute atomic E-state index is 12.9. The third-order valence-corrected chi connectivity index (χ3v) is 5.34. The summed E-state index contributed by atoms with van der Waals surface area (Å²) in [5.41, 5.74) is 0.705. The maximum Gasteiger partial charge on any atom is 0.490 e. The van der Waals surface area contributed by atoms with E-state index in [1.165, 1.54) is 0 Å². The van der Waals surface area contributed by atoms with Gasteiger partial charge in [0.2, 0.25) is 0 Å². The number of hydrogen-bond donors (Lipinski definition) is 3. The summed E-state index contributed by atoms with van der Waals surface area (Å²) in [6.07, 6.45) is -1.32. The highest BCUT2D eigenvalue weighted by Crippen LogP contribution is 2.36. The number of rotatable bonds is 1. The van der Waals surface area contributed by atoms with Crippen LogP contribution in [0.2, 0.25) is 0 Å². The van der Waals surface area contributed by atoms with E-state index >= 15 is 0 Å². The Balaban J connectivity index is 0.000000298. The molecular weight excluding hydrogens is 391 g/mol. The molecule has 0 saturated carbocycles. The Bertz CT molecular complexity index is 981. The molecule has 3 heterocycles. The number of carboxylic acids is 1. The average molecular weight is 411 g/mol. The van der Waals surface area contributed by atoms with Gasteiger partial charge in [-0.3, -0.25) is 9.59 Å². The fraction of sp³-hybridized carbons (Fsp3) is 0.421. The number of aliphatic carboxylic acids is 1. The van der Waals surface area contributed by atoms with E-state index in [0.717, 1.165) is 44.4 Å². The number of nitrogens with zero attached hydrogens (tertiary/aromatic N) is 1. The minimum Gasteiger partial charge on any atom is -0.475 e. The number of H-pyrrole nitrogens is 1. The lowest BCUT2D eigenvalue weighted by molar-refractivity contribution is -0.192. The molecule has 1 amide bonds. The second-order valence-electron chi connectivity index (χ2n) is 7.28. The zero-order valence-corrected chi connectivity index (χ0v) is 15.4. The van der Waals surface area contributed by atoms with Gasteiger partial charge in [0.05, 0.1) is 5.56 Å². The van der Waals surface area contributed by atoms with Gasteiger partial charge in [-0.25, -0.2) is 4.79 Å². The van der Waals surface area contributed by atoms with Crippen molar-refractivity contribution in [1.82, 2.24) is 15.2 Å². The van der Waals surface area contributed by atoms with Crippen LogP contribution < -0.4 is 10.9 Å². The Hall–Kier alpha value is -2.88. The van der Waals surface area contributed by atoms with Crippen LogP contribution in [0.5, 0.6) is 0 Å². The predicted molar refractivity (Wildman–Crippen MR) is 98.7 cm³/mol. The van der Waals surface area contributed by atoms with E-state index in [-0.39, 0.29) is 16.9 Å². The third-order valence-electron chi connectivity index (χ3n) is 5.34. The van der Waals surface area contributed by atoms with Gasteiger partial charge in [-0.2, -0.15) is 13.2 Å².